The lowest BCUT2D eigenvalue weighted by Crippen LogP contribution is -2.31. The number of rotatable bonds is 6. The van der Waals surface area contributed by atoms with E-state index in [2.05, 4.69) is 6.07 Å². The molecule has 0 amide bonds. The van der Waals surface area contributed by atoms with E-state index >= 15 is 0 Å². The van der Waals surface area contributed by atoms with Crippen LogP contribution >= 0.6 is 0 Å². The molecule has 26 heavy (non-hydrogen) atoms. The summed E-state index contributed by atoms with van der Waals surface area (Å²) in [6.07, 6.45) is 7.84. The van der Waals surface area contributed by atoms with Crippen molar-refractivity contribution in [3.8, 4) is 17.6 Å². The van der Waals surface area contributed by atoms with E-state index in [1.165, 1.54) is 12.8 Å². The van der Waals surface area contributed by atoms with Gasteiger partial charge < -0.3 is 14.6 Å². The molecule has 0 aromatic heterocycles. The Kier molecular flexibility index (Phi) is 5.70. The van der Waals surface area contributed by atoms with Gasteiger partial charge in [0, 0.05) is 0 Å². The number of hydrogen-bond donors (Lipinski definition) is 1. The van der Waals surface area contributed by atoms with Gasteiger partial charge in [-0.25, -0.2) is 0 Å². The molecule has 0 atom stereocenters. The smallest absolute Gasteiger partial charge is 0.306 e. The van der Waals surface area contributed by atoms with Gasteiger partial charge in [0.25, 0.3) is 0 Å². The molecule has 0 bridgehead atoms. The first-order chi connectivity index (χ1) is 12.5. The Morgan fingerprint density at radius 1 is 1.23 bits per heavy atom. The van der Waals surface area contributed by atoms with Crippen molar-refractivity contribution in [1.29, 1.82) is 5.26 Å². The van der Waals surface area contributed by atoms with Gasteiger partial charge in [0.05, 0.1) is 30.6 Å². The zero-order valence-corrected chi connectivity index (χ0v) is 15.4. The summed E-state index contributed by atoms with van der Waals surface area (Å²) < 4.78 is 11.6. The summed E-state index contributed by atoms with van der Waals surface area (Å²) in [7, 11) is 1.64. The van der Waals surface area contributed by atoms with E-state index in [4.69, 9.17) is 9.47 Å². The Morgan fingerprint density at radius 3 is 2.50 bits per heavy atom. The second kappa shape index (κ2) is 7.99. The number of carbonyl (C=O) groups is 1. The highest BCUT2D eigenvalue weighted by Crippen LogP contribution is 2.42. The topological polar surface area (TPSA) is 79.5 Å². The number of nitrogens with zero attached hydrogens (tertiary/aromatic N) is 1. The molecule has 0 unspecified atom stereocenters. The van der Waals surface area contributed by atoms with Crippen LogP contribution in [0.25, 0.3) is 0 Å². The Labute approximate surface area is 154 Å². The standard InChI is InChI=1S/C21H27NO4/c1-25-18-7-6-15(12-19(18)26-17-4-2-3-5-17)13-21(14-22)10-8-16(9-11-21)20(23)24/h6-7,12,16-17H,2-5,8-11,13H2,1H3,(H,23,24). The van der Waals surface area contributed by atoms with Crippen molar-refractivity contribution in [3.05, 3.63) is 23.8 Å². The Bertz CT molecular complexity index is 680. The van der Waals surface area contributed by atoms with E-state index in [9.17, 15) is 15.2 Å². The number of methoxy groups -OCH3 is 1. The fourth-order valence-corrected chi connectivity index (χ4v) is 4.25. The average Bonchev–Trinajstić information content (AvgIpc) is 3.15. The summed E-state index contributed by atoms with van der Waals surface area (Å²) in [6, 6.07) is 8.38. The number of carboxylic acids is 1. The molecule has 0 aliphatic heterocycles. The van der Waals surface area contributed by atoms with Gasteiger partial charge in [-0.2, -0.15) is 5.26 Å². The van der Waals surface area contributed by atoms with Crippen LogP contribution in [0.1, 0.15) is 56.9 Å². The van der Waals surface area contributed by atoms with Gasteiger partial charge in [-0.3, -0.25) is 4.79 Å². The Morgan fingerprint density at radius 2 is 1.92 bits per heavy atom. The van der Waals surface area contributed by atoms with Crippen LogP contribution in [0.2, 0.25) is 0 Å². The maximum Gasteiger partial charge on any atom is 0.306 e. The quantitative estimate of drug-likeness (QED) is 0.819. The molecule has 0 saturated heterocycles. The average molecular weight is 357 g/mol. The molecule has 1 N–H and O–H groups in total. The highest BCUT2D eigenvalue weighted by atomic mass is 16.5. The van der Waals surface area contributed by atoms with Crippen molar-refractivity contribution < 1.29 is 19.4 Å². The zero-order chi connectivity index (χ0) is 18.6. The minimum absolute atomic E-state index is 0.245. The lowest BCUT2D eigenvalue weighted by atomic mass is 9.68. The SMILES string of the molecule is COc1ccc(CC2(C#N)CCC(C(=O)O)CC2)cc1OC1CCCC1. The molecule has 3 rings (SSSR count). The van der Waals surface area contributed by atoms with Gasteiger partial charge >= 0.3 is 5.97 Å². The summed E-state index contributed by atoms with van der Waals surface area (Å²) in [5.41, 5.74) is 0.569. The second-order valence-corrected chi connectivity index (χ2v) is 7.69. The van der Waals surface area contributed by atoms with Gasteiger partial charge in [0.2, 0.25) is 0 Å². The highest BCUT2D eigenvalue weighted by molar-refractivity contribution is 5.70. The monoisotopic (exact) mass is 357 g/mol. The van der Waals surface area contributed by atoms with Crippen LogP contribution in [0.4, 0.5) is 0 Å². The molecule has 140 valence electrons. The Balaban J connectivity index is 1.74. The van der Waals surface area contributed by atoms with Crippen molar-refractivity contribution in [2.45, 2.75) is 63.9 Å². The number of nitriles is 1. The van der Waals surface area contributed by atoms with Gasteiger partial charge in [-0.1, -0.05) is 6.07 Å². The predicted octanol–water partition coefficient (Wildman–Crippen LogP) is 4.34. The molecule has 5 heteroatoms. The van der Waals surface area contributed by atoms with Crippen LogP contribution in [0.5, 0.6) is 11.5 Å². The lowest BCUT2D eigenvalue weighted by molar-refractivity contribution is -0.143. The van der Waals surface area contributed by atoms with Gasteiger partial charge in [-0.05, 0) is 75.5 Å². The minimum atomic E-state index is -0.742. The van der Waals surface area contributed by atoms with Gasteiger partial charge in [0.15, 0.2) is 11.5 Å². The number of ether oxygens (including phenoxy) is 2. The van der Waals surface area contributed by atoms with Gasteiger partial charge in [-0.15, -0.1) is 0 Å². The number of hydrogen-bond acceptors (Lipinski definition) is 4. The third-order valence-corrected chi connectivity index (χ3v) is 5.90. The van der Waals surface area contributed by atoms with Crippen LogP contribution in [0.15, 0.2) is 18.2 Å². The first-order valence-electron chi connectivity index (χ1n) is 9.53. The maximum atomic E-state index is 11.2. The third kappa shape index (κ3) is 4.12. The molecule has 2 fully saturated rings. The van der Waals surface area contributed by atoms with Crippen molar-refractivity contribution >= 4 is 5.97 Å². The molecule has 5 nitrogen and oxygen atoms in total. The van der Waals surface area contributed by atoms with Crippen LogP contribution in [0, 0.1) is 22.7 Å². The fraction of sp³-hybridized carbons (Fsp3) is 0.619. The van der Waals surface area contributed by atoms with E-state index in [1.54, 1.807) is 7.11 Å². The van der Waals surface area contributed by atoms with Crippen LogP contribution in [-0.2, 0) is 11.2 Å². The van der Waals surface area contributed by atoms with Crippen molar-refractivity contribution in [3.63, 3.8) is 0 Å². The normalized spacial score (nSPS) is 26.2. The summed E-state index contributed by atoms with van der Waals surface area (Å²) in [6.45, 7) is 0. The molecule has 1 aromatic carbocycles. The molecule has 0 spiro atoms. The highest BCUT2D eigenvalue weighted by Gasteiger charge is 2.38. The number of aliphatic carboxylic acids is 1. The van der Waals surface area contributed by atoms with E-state index in [0.717, 1.165) is 29.9 Å². The van der Waals surface area contributed by atoms with Crippen LogP contribution < -0.4 is 9.47 Å². The minimum Gasteiger partial charge on any atom is -0.493 e. The summed E-state index contributed by atoms with van der Waals surface area (Å²) in [5, 5.41) is 19.0. The van der Waals surface area contributed by atoms with E-state index in [-0.39, 0.29) is 12.0 Å². The second-order valence-electron chi connectivity index (χ2n) is 7.69. The molecule has 1 aromatic rings. The molecule has 0 radical (unpaired) electrons. The van der Waals surface area contributed by atoms with E-state index in [0.29, 0.717) is 32.1 Å². The van der Waals surface area contributed by atoms with E-state index in [1.807, 2.05) is 18.2 Å². The first kappa shape index (κ1) is 18.6. The van der Waals surface area contributed by atoms with Crippen LogP contribution in [0.3, 0.4) is 0 Å². The first-order valence-corrected chi connectivity index (χ1v) is 9.53. The van der Waals surface area contributed by atoms with Crippen molar-refractivity contribution in [1.82, 2.24) is 0 Å². The molecule has 2 saturated carbocycles. The predicted molar refractivity (Wildman–Crippen MR) is 97.2 cm³/mol. The fourth-order valence-electron chi connectivity index (χ4n) is 4.25. The largest absolute Gasteiger partial charge is 0.493 e. The summed E-state index contributed by atoms with van der Waals surface area (Å²) in [5.74, 6) is 0.423. The van der Waals surface area contributed by atoms with E-state index < -0.39 is 11.4 Å². The van der Waals surface area contributed by atoms with Crippen LogP contribution in [-0.4, -0.2) is 24.3 Å². The molecular weight excluding hydrogens is 330 g/mol. The molecular formula is C21H27NO4. The molecule has 2 aliphatic carbocycles. The maximum absolute atomic E-state index is 11.2. The summed E-state index contributed by atoms with van der Waals surface area (Å²) >= 11 is 0. The number of carboxylic acid groups (broad SMARTS) is 1. The number of benzene rings is 1. The molecule has 0 heterocycles. The lowest BCUT2D eigenvalue weighted by Gasteiger charge is -2.33. The third-order valence-electron chi connectivity index (χ3n) is 5.90. The zero-order valence-electron chi connectivity index (χ0n) is 15.4. The summed E-state index contributed by atoms with van der Waals surface area (Å²) in [4.78, 5) is 11.2. The van der Waals surface area contributed by atoms with Gasteiger partial charge in [0.1, 0.15) is 0 Å². The van der Waals surface area contributed by atoms with Crippen molar-refractivity contribution in [2.24, 2.45) is 11.3 Å². The molecule has 2 aliphatic rings. The van der Waals surface area contributed by atoms with Crippen molar-refractivity contribution in [2.75, 3.05) is 7.11 Å². The Hall–Kier alpha value is -2.22.